The van der Waals surface area contributed by atoms with Crippen LogP contribution in [-0.2, 0) is 30.8 Å². The van der Waals surface area contributed by atoms with Crippen LogP contribution < -0.4 is 10.5 Å². The minimum absolute atomic E-state index is 0.000638. The van der Waals surface area contributed by atoms with Crippen LogP contribution in [-0.4, -0.2) is 58.2 Å². The number of aromatic hydroxyl groups is 1. The van der Waals surface area contributed by atoms with Crippen molar-refractivity contribution in [2.45, 2.75) is 24.9 Å². The van der Waals surface area contributed by atoms with E-state index in [0.717, 1.165) is 12.3 Å². The molecule has 4 rings (SSSR count). The first-order valence-electron chi connectivity index (χ1n) is 9.57. The van der Waals surface area contributed by atoms with Gasteiger partial charge in [-0.1, -0.05) is 0 Å². The highest BCUT2D eigenvalue weighted by Gasteiger charge is 2.60. The first-order chi connectivity index (χ1) is 14.8. The highest BCUT2D eigenvalue weighted by atomic mass is 32.2. The molecule has 0 radical (unpaired) electrons. The first-order valence-corrected chi connectivity index (χ1v) is 11.5. The molecule has 1 amide bonds. The Morgan fingerprint density at radius 1 is 1.19 bits per heavy atom. The van der Waals surface area contributed by atoms with Crippen molar-refractivity contribution in [3.63, 3.8) is 0 Å². The lowest BCUT2D eigenvalue weighted by Gasteiger charge is -2.46. The number of Topliss-reactive ketones (excluding diaryl/α,β-unsaturated/α-hetero) is 2. The summed E-state index contributed by atoms with van der Waals surface area (Å²) in [7, 11) is -3.70. The largest absolute Gasteiger partial charge is 0.508 e. The average molecular weight is 464 g/mol. The van der Waals surface area contributed by atoms with Crippen LogP contribution in [0.5, 0.6) is 5.75 Å². The molecule has 11 nitrogen and oxygen atoms in total. The lowest BCUT2D eigenvalue weighted by atomic mass is 9.59. The maximum Gasteiger partial charge on any atom is 0.255 e. The van der Waals surface area contributed by atoms with Crippen LogP contribution in [0.2, 0.25) is 0 Å². The number of benzene rings is 1. The van der Waals surface area contributed by atoms with E-state index in [9.17, 15) is 43.2 Å². The van der Waals surface area contributed by atoms with Gasteiger partial charge in [-0.2, -0.15) is 0 Å². The van der Waals surface area contributed by atoms with Crippen molar-refractivity contribution >= 4 is 38.9 Å². The number of aliphatic hydroxyl groups is 3. The molecule has 1 saturated carbocycles. The molecule has 1 fully saturated rings. The average Bonchev–Trinajstić information content (AvgIpc) is 2.65. The molecule has 1 aromatic carbocycles. The number of hydrogen-bond acceptors (Lipinski definition) is 9. The van der Waals surface area contributed by atoms with Crippen LogP contribution in [0.3, 0.4) is 0 Å². The van der Waals surface area contributed by atoms with Crippen molar-refractivity contribution in [1.82, 2.24) is 0 Å². The number of nitrogens with one attached hydrogen (secondary N) is 1. The molecule has 0 spiro atoms. The predicted molar refractivity (Wildman–Crippen MR) is 110 cm³/mol. The number of fused-ring (bicyclic) bond motifs is 3. The maximum atomic E-state index is 13.3. The number of ketones is 2. The number of aliphatic hydroxyl groups excluding tert-OH is 2. The third-order valence-corrected chi connectivity index (χ3v) is 6.83. The molecule has 3 aliphatic carbocycles. The number of carbonyl (C=O) groups excluding carboxylic acids is 3. The molecule has 0 bridgehead atoms. The van der Waals surface area contributed by atoms with Gasteiger partial charge in [-0.25, -0.2) is 8.42 Å². The Balaban J connectivity index is 1.93. The minimum Gasteiger partial charge on any atom is -0.508 e. The number of primary amides is 1. The van der Waals surface area contributed by atoms with Crippen molar-refractivity contribution in [2.24, 2.45) is 17.6 Å². The second-order valence-electron chi connectivity index (χ2n) is 8.27. The Morgan fingerprint density at radius 2 is 1.84 bits per heavy atom. The summed E-state index contributed by atoms with van der Waals surface area (Å²) in [6, 6.07) is 2.45. The molecule has 32 heavy (non-hydrogen) atoms. The normalized spacial score (nSPS) is 27.6. The smallest absolute Gasteiger partial charge is 0.255 e. The summed E-state index contributed by atoms with van der Waals surface area (Å²) in [6.07, 6.45) is 0.452. The van der Waals surface area contributed by atoms with Crippen molar-refractivity contribution in [3.05, 3.63) is 40.2 Å². The SMILES string of the molecule is CS(=O)(=O)Nc1ccc(O)c2c1C[C@H]1C[C@H]3CC(=O)C(C(N)=O)=C(O)[C@@]3(O)C(=O)C1=C2O. The van der Waals surface area contributed by atoms with Gasteiger partial charge in [0.1, 0.15) is 22.8 Å². The van der Waals surface area contributed by atoms with E-state index in [1.807, 2.05) is 0 Å². The third-order valence-electron chi connectivity index (χ3n) is 6.24. The second kappa shape index (κ2) is 6.81. The van der Waals surface area contributed by atoms with Gasteiger partial charge in [0.15, 0.2) is 11.4 Å². The highest BCUT2D eigenvalue weighted by Crippen LogP contribution is 2.52. The Kier molecular flexibility index (Phi) is 4.65. The molecule has 0 saturated heterocycles. The second-order valence-corrected chi connectivity index (χ2v) is 10.0. The summed E-state index contributed by atoms with van der Waals surface area (Å²) in [5.74, 6) is -7.36. The van der Waals surface area contributed by atoms with E-state index in [-0.39, 0.29) is 35.2 Å². The zero-order chi connectivity index (χ0) is 23.7. The zero-order valence-electron chi connectivity index (χ0n) is 16.7. The lowest BCUT2D eigenvalue weighted by Crippen LogP contribution is -2.58. The van der Waals surface area contributed by atoms with Crippen molar-refractivity contribution in [2.75, 3.05) is 11.0 Å². The molecule has 1 aromatic rings. The number of phenolic OH excluding ortho intramolecular Hbond substituents is 1. The number of amides is 1. The molecule has 0 aliphatic heterocycles. The molecule has 3 atom stereocenters. The maximum absolute atomic E-state index is 13.3. The summed E-state index contributed by atoms with van der Waals surface area (Å²) in [6.45, 7) is 0. The molecule has 12 heteroatoms. The van der Waals surface area contributed by atoms with Gasteiger partial charge in [0.25, 0.3) is 5.91 Å². The Labute approximate surface area is 181 Å². The third kappa shape index (κ3) is 2.98. The number of hydrogen-bond donors (Lipinski definition) is 6. The van der Waals surface area contributed by atoms with Gasteiger partial charge in [-0.15, -0.1) is 0 Å². The fourth-order valence-electron chi connectivity index (χ4n) is 4.92. The van der Waals surface area contributed by atoms with Crippen LogP contribution in [0.25, 0.3) is 5.76 Å². The molecule has 170 valence electrons. The van der Waals surface area contributed by atoms with Gasteiger partial charge in [0.2, 0.25) is 15.8 Å². The summed E-state index contributed by atoms with van der Waals surface area (Å²) < 4.78 is 25.8. The van der Waals surface area contributed by atoms with Crippen molar-refractivity contribution in [3.8, 4) is 5.75 Å². The van der Waals surface area contributed by atoms with Gasteiger partial charge in [0.05, 0.1) is 17.5 Å². The van der Waals surface area contributed by atoms with Gasteiger partial charge in [-0.05, 0) is 36.5 Å². The van der Waals surface area contributed by atoms with Crippen LogP contribution in [0.15, 0.2) is 29.0 Å². The monoisotopic (exact) mass is 464 g/mol. The molecule has 3 aliphatic rings. The number of rotatable bonds is 3. The van der Waals surface area contributed by atoms with E-state index in [1.165, 1.54) is 6.07 Å². The molecular weight excluding hydrogens is 444 g/mol. The van der Waals surface area contributed by atoms with Crippen LogP contribution in [0, 0.1) is 11.8 Å². The topological polar surface area (TPSA) is 204 Å². The molecule has 0 unspecified atom stereocenters. The minimum atomic E-state index is -3.70. The van der Waals surface area contributed by atoms with E-state index in [4.69, 9.17) is 5.73 Å². The van der Waals surface area contributed by atoms with E-state index in [1.54, 1.807) is 0 Å². The van der Waals surface area contributed by atoms with Gasteiger partial charge in [-0.3, -0.25) is 19.1 Å². The zero-order valence-corrected chi connectivity index (χ0v) is 17.6. The molecule has 0 aromatic heterocycles. The first kappa shape index (κ1) is 21.8. The number of nitrogens with two attached hydrogens (primary N) is 1. The van der Waals surface area contributed by atoms with Crippen molar-refractivity contribution in [1.29, 1.82) is 0 Å². The standard InChI is InChI=1S/C20H20N2O9S/c1-32(30,31)22-10-2-3-11(23)14-9(10)5-7-4-8-6-12(24)15(19(21)28)18(27)20(8,29)17(26)13(7)16(14)25/h2-3,7-8,22-23,25,27,29H,4-6H2,1H3,(H2,21,28)/t7-,8+,20+/m1/s1. The van der Waals surface area contributed by atoms with Gasteiger partial charge >= 0.3 is 0 Å². The Hall–Kier alpha value is -3.38. The summed E-state index contributed by atoms with van der Waals surface area (Å²) in [5.41, 5.74) is 1.46. The van der Waals surface area contributed by atoms with Crippen molar-refractivity contribution < 1.29 is 43.2 Å². The Morgan fingerprint density at radius 3 is 2.44 bits per heavy atom. The fourth-order valence-corrected chi connectivity index (χ4v) is 5.51. The molecular formula is C20H20N2O9S. The van der Waals surface area contributed by atoms with Gasteiger partial charge < -0.3 is 26.2 Å². The predicted octanol–water partition coefficient (Wildman–Crippen LogP) is -0.205. The number of phenols is 1. The number of anilines is 1. The fraction of sp³-hybridized carbons (Fsp3) is 0.350. The van der Waals surface area contributed by atoms with E-state index in [0.29, 0.717) is 0 Å². The van der Waals surface area contributed by atoms with E-state index in [2.05, 4.69) is 4.72 Å². The van der Waals surface area contributed by atoms with Crippen LogP contribution in [0.1, 0.15) is 24.0 Å². The number of sulfonamides is 1. The summed E-state index contributed by atoms with van der Waals surface area (Å²) >= 11 is 0. The highest BCUT2D eigenvalue weighted by molar-refractivity contribution is 7.92. The Bertz CT molecular complexity index is 1280. The van der Waals surface area contributed by atoms with Gasteiger partial charge in [0, 0.05) is 17.9 Å². The van der Waals surface area contributed by atoms with E-state index < -0.39 is 74.2 Å². The number of carbonyl (C=O) groups is 3. The molecule has 7 N–H and O–H groups in total. The van der Waals surface area contributed by atoms with Crippen LogP contribution in [0.4, 0.5) is 5.69 Å². The van der Waals surface area contributed by atoms with Crippen LogP contribution >= 0.6 is 0 Å². The summed E-state index contributed by atoms with van der Waals surface area (Å²) in [4.78, 5) is 37.3. The summed E-state index contributed by atoms with van der Waals surface area (Å²) in [5, 5.41) is 42.8. The lowest BCUT2D eigenvalue weighted by molar-refractivity contribution is -0.147. The quantitative estimate of drug-likeness (QED) is 0.258. The van der Waals surface area contributed by atoms with E-state index >= 15 is 0 Å². The molecule has 0 heterocycles.